The Morgan fingerprint density at radius 1 is 1.19 bits per heavy atom. The SMILES string of the molecule is NC(=O)c1cccc(NC(=O)c2csc3c2CCCC3)c1. The molecule has 0 atom stereocenters. The molecule has 3 N–H and O–H groups in total. The summed E-state index contributed by atoms with van der Waals surface area (Å²) in [5.41, 5.74) is 8.18. The van der Waals surface area contributed by atoms with E-state index in [0.29, 0.717) is 11.3 Å². The molecular weight excluding hydrogens is 284 g/mol. The van der Waals surface area contributed by atoms with E-state index in [0.717, 1.165) is 24.8 Å². The molecule has 5 heteroatoms. The smallest absolute Gasteiger partial charge is 0.256 e. The number of amides is 2. The maximum Gasteiger partial charge on any atom is 0.256 e. The van der Waals surface area contributed by atoms with Gasteiger partial charge < -0.3 is 11.1 Å². The van der Waals surface area contributed by atoms with E-state index in [-0.39, 0.29) is 5.91 Å². The molecule has 1 heterocycles. The zero-order valence-corrected chi connectivity index (χ0v) is 12.3. The van der Waals surface area contributed by atoms with Gasteiger partial charge in [-0.1, -0.05) is 6.07 Å². The molecule has 4 nitrogen and oxygen atoms in total. The van der Waals surface area contributed by atoms with Gasteiger partial charge in [0.05, 0.1) is 5.56 Å². The number of nitrogens with one attached hydrogen (secondary N) is 1. The van der Waals surface area contributed by atoms with Gasteiger partial charge in [0.2, 0.25) is 5.91 Å². The topological polar surface area (TPSA) is 72.2 Å². The molecule has 1 aromatic heterocycles. The van der Waals surface area contributed by atoms with Gasteiger partial charge in [0.25, 0.3) is 5.91 Å². The number of hydrogen-bond acceptors (Lipinski definition) is 3. The van der Waals surface area contributed by atoms with Crippen molar-refractivity contribution in [1.82, 2.24) is 0 Å². The Kier molecular flexibility index (Phi) is 3.75. The summed E-state index contributed by atoms with van der Waals surface area (Å²) in [5.74, 6) is -0.616. The summed E-state index contributed by atoms with van der Waals surface area (Å²) in [6, 6.07) is 6.69. The monoisotopic (exact) mass is 300 g/mol. The Morgan fingerprint density at radius 3 is 2.81 bits per heavy atom. The Morgan fingerprint density at radius 2 is 2.00 bits per heavy atom. The van der Waals surface area contributed by atoms with Crippen LogP contribution in [0.2, 0.25) is 0 Å². The maximum absolute atomic E-state index is 12.4. The van der Waals surface area contributed by atoms with Crippen molar-refractivity contribution < 1.29 is 9.59 Å². The number of hydrogen-bond donors (Lipinski definition) is 2. The summed E-state index contributed by atoms with van der Waals surface area (Å²) in [4.78, 5) is 24.9. The third kappa shape index (κ3) is 2.83. The van der Waals surface area contributed by atoms with E-state index in [1.165, 1.54) is 16.9 Å². The van der Waals surface area contributed by atoms with Crippen LogP contribution in [0.1, 0.15) is 44.0 Å². The molecule has 2 amide bonds. The minimum atomic E-state index is -0.501. The lowest BCUT2D eigenvalue weighted by atomic mass is 9.95. The van der Waals surface area contributed by atoms with Crippen LogP contribution in [0.15, 0.2) is 29.6 Å². The number of benzene rings is 1. The fourth-order valence-electron chi connectivity index (χ4n) is 2.63. The normalized spacial score (nSPS) is 13.5. The quantitative estimate of drug-likeness (QED) is 0.914. The molecule has 0 spiro atoms. The van der Waals surface area contributed by atoms with Crippen molar-refractivity contribution in [2.24, 2.45) is 5.73 Å². The molecule has 0 bridgehead atoms. The second-order valence-corrected chi connectivity index (χ2v) is 6.12. The lowest BCUT2D eigenvalue weighted by molar-refractivity contribution is 0.0996. The third-order valence-electron chi connectivity index (χ3n) is 3.71. The van der Waals surface area contributed by atoms with Gasteiger partial charge in [-0.25, -0.2) is 0 Å². The van der Waals surface area contributed by atoms with E-state index < -0.39 is 5.91 Å². The highest BCUT2D eigenvalue weighted by atomic mass is 32.1. The van der Waals surface area contributed by atoms with Crippen LogP contribution in [0.4, 0.5) is 5.69 Å². The first kappa shape index (κ1) is 13.8. The van der Waals surface area contributed by atoms with E-state index in [1.807, 2.05) is 5.38 Å². The van der Waals surface area contributed by atoms with Gasteiger partial charge in [0.1, 0.15) is 0 Å². The predicted octanol–water partition coefficient (Wildman–Crippen LogP) is 2.98. The molecule has 1 aliphatic carbocycles. The summed E-state index contributed by atoms with van der Waals surface area (Å²) in [6.07, 6.45) is 4.39. The van der Waals surface area contributed by atoms with Crippen LogP contribution in [0, 0.1) is 0 Å². The van der Waals surface area contributed by atoms with E-state index >= 15 is 0 Å². The lowest BCUT2D eigenvalue weighted by Gasteiger charge is -2.13. The minimum Gasteiger partial charge on any atom is -0.366 e. The van der Waals surface area contributed by atoms with Crippen molar-refractivity contribution in [3.63, 3.8) is 0 Å². The first-order valence-corrected chi connectivity index (χ1v) is 7.83. The minimum absolute atomic E-state index is 0.115. The molecule has 1 aromatic carbocycles. The van der Waals surface area contributed by atoms with E-state index in [2.05, 4.69) is 5.32 Å². The van der Waals surface area contributed by atoms with Gasteiger partial charge in [-0.15, -0.1) is 11.3 Å². The molecule has 0 saturated carbocycles. The number of thiophene rings is 1. The van der Waals surface area contributed by atoms with Crippen molar-refractivity contribution in [2.45, 2.75) is 25.7 Å². The second kappa shape index (κ2) is 5.69. The lowest BCUT2D eigenvalue weighted by Crippen LogP contribution is -2.16. The third-order valence-corrected chi connectivity index (χ3v) is 4.80. The predicted molar refractivity (Wildman–Crippen MR) is 83.9 cm³/mol. The van der Waals surface area contributed by atoms with Gasteiger partial charge in [0.15, 0.2) is 0 Å². The van der Waals surface area contributed by atoms with Crippen molar-refractivity contribution >= 4 is 28.8 Å². The number of anilines is 1. The summed E-state index contributed by atoms with van der Waals surface area (Å²) in [6.45, 7) is 0. The van der Waals surface area contributed by atoms with E-state index in [1.54, 1.807) is 35.6 Å². The average Bonchev–Trinajstić information content (AvgIpc) is 2.91. The van der Waals surface area contributed by atoms with Gasteiger partial charge in [-0.05, 0) is 49.4 Å². The van der Waals surface area contributed by atoms with E-state index in [4.69, 9.17) is 5.73 Å². The first-order valence-electron chi connectivity index (χ1n) is 6.95. The van der Waals surface area contributed by atoms with Crippen molar-refractivity contribution in [1.29, 1.82) is 0 Å². The Hall–Kier alpha value is -2.14. The maximum atomic E-state index is 12.4. The number of carbonyl (C=O) groups is 2. The first-order chi connectivity index (χ1) is 10.1. The fourth-order valence-corrected chi connectivity index (χ4v) is 3.76. The molecule has 21 heavy (non-hydrogen) atoms. The van der Waals surface area contributed by atoms with Gasteiger partial charge in [-0.2, -0.15) is 0 Å². The molecule has 1 aliphatic rings. The van der Waals surface area contributed by atoms with Crippen LogP contribution in [0.5, 0.6) is 0 Å². The molecule has 2 aromatic rings. The van der Waals surface area contributed by atoms with Crippen LogP contribution < -0.4 is 11.1 Å². The van der Waals surface area contributed by atoms with Crippen LogP contribution in [0.3, 0.4) is 0 Å². The molecule has 0 saturated heterocycles. The Labute approximate surface area is 127 Å². The van der Waals surface area contributed by atoms with E-state index in [9.17, 15) is 9.59 Å². The van der Waals surface area contributed by atoms with Crippen LogP contribution in [0.25, 0.3) is 0 Å². The second-order valence-electron chi connectivity index (χ2n) is 5.16. The number of fused-ring (bicyclic) bond motifs is 1. The van der Waals surface area contributed by atoms with Gasteiger partial charge >= 0.3 is 0 Å². The molecule has 108 valence electrons. The summed E-state index contributed by atoms with van der Waals surface area (Å²) >= 11 is 1.66. The number of rotatable bonds is 3. The molecular formula is C16H16N2O2S. The molecule has 0 unspecified atom stereocenters. The van der Waals surface area contributed by atoms with Crippen LogP contribution in [-0.2, 0) is 12.8 Å². The summed E-state index contributed by atoms with van der Waals surface area (Å²) in [7, 11) is 0. The number of nitrogens with two attached hydrogens (primary N) is 1. The average molecular weight is 300 g/mol. The van der Waals surface area contributed by atoms with Crippen LogP contribution in [-0.4, -0.2) is 11.8 Å². The largest absolute Gasteiger partial charge is 0.366 e. The number of carbonyl (C=O) groups excluding carboxylic acids is 2. The van der Waals surface area contributed by atoms with Crippen molar-refractivity contribution in [3.05, 3.63) is 51.2 Å². The summed E-state index contributed by atoms with van der Waals surface area (Å²) < 4.78 is 0. The fraction of sp³-hybridized carbons (Fsp3) is 0.250. The van der Waals surface area contributed by atoms with Crippen molar-refractivity contribution in [2.75, 3.05) is 5.32 Å². The van der Waals surface area contributed by atoms with Gasteiger partial charge in [0, 0.05) is 21.5 Å². The number of primary amides is 1. The highest BCUT2D eigenvalue weighted by Gasteiger charge is 2.20. The Bertz CT molecular complexity index is 706. The van der Waals surface area contributed by atoms with Crippen LogP contribution >= 0.6 is 11.3 Å². The molecule has 3 rings (SSSR count). The highest BCUT2D eigenvalue weighted by Crippen LogP contribution is 2.30. The van der Waals surface area contributed by atoms with Gasteiger partial charge in [-0.3, -0.25) is 9.59 Å². The number of aryl methyl sites for hydroxylation is 1. The summed E-state index contributed by atoms with van der Waals surface area (Å²) in [5, 5.41) is 4.78. The molecule has 0 aliphatic heterocycles. The molecule has 0 radical (unpaired) electrons. The Balaban J connectivity index is 1.82. The zero-order valence-electron chi connectivity index (χ0n) is 11.5. The highest BCUT2D eigenvalue weighted by molar-refractivity contribution is 7.10. The standard InChI is InChI=1S/C16H16N2O2S/c17-15(19)10-4-3-5-11(8-10)18-16(20)13-9-21-14-7-2-1-6-12(13)14/h3-5,8-9H,1-2,6-7H2,(H2,17,19)(H,18,20). The van der Waals surface area contributed by atoms with Crippen molar-refractivity contribution in [3.8, 4) is 0 Å². The zero-order chi connectivity index (χ0) is 14.8. The molecule has 0 fully saturated rings.